The first-order chi connectivity index (χ1) is 7.59. The molecule has 2 heteroatoms. The molecule has 0 aromatic heterocycles. The van der Waals surface area contributed by atoms with Gasteiger partial charge in [0.25, 0.3) is 0 Å². The van der Waals surface area contributed by atoms with E-state index >= 15 is 0 Å². The number of hydrogen-bond acceptors (Lipinski definition) is 2. The second-order valence-corrected chi connectivity index (χ2v) is 5.69. The van der Waals surface area contributed by atoms with Crippen LogP contribution < -0.4 is 0 Å². The minimum atomic E-state index is 0.0933. The molecule has 0 heterocycles. The van der Waals surface area contributed by atoms with E-state index in [9.17, 15) is 0 Å². The Labute approximate surface area is 101 Å². The normalized spacial score (nSPS) is 35.2. The predicted octanol–water partition coefficient (Wildman–Crippen LogP) is 3.64. The first-order valence-electron chi connectivity index (χ1n) is 6.72. The molecule has 2 nitrogen and oxygen atoms in total. The van der Waals surface area contributed by atoms with Crippen molar-refractivity contribution in [2.45, 2.75) is 58.5 Å². The van der Waals surface area contributed by atoms with Gasteiger partial charge in [-0.3, -0.25) is 0 Å². The molecule has 1 aliphatic rings. The summed E-state index contributed by atoms with van der Waals surface area (Å²) >= 11 is 0. The van der Waals surface area contributed by atoms with Crippen LogP contribution in [0.4, 0.5) is 0 Å². The Bertz CT molecular complexity index is 193. The van der Waals surface area contributed by atoms with E-state index in [2.05, 4.69) is 20.8 Å². The standard InChI is InChI=1S/C14H28O2/c1-5-6-13-9-12(2)10-14(3,11-13)16-8-7-15-4/h12-13H,5-11H2,1-4H3. The van der Waals surface area contributed by atoms with Crippen LogP contribution in [0.25, 0.3) is 0 Å². The van der Waals surface area contributed by atoms with Gasteiger partial charge in [0.05, 0.1) is 18.8 Å². The Morgan fingerprint density at radius 2 is 2.00 bits per heavy atom. The van der Waals surface area contributed by atoms with E-state index in [1.807, 2.05) is 0 Å². The van der Waals surface area contributed by atoms with Crippen LogP contribution in [0, 0.1) is 11.8 Å². The van der Waals surface area contributed by atoms with Crippen LogP contribution >= 0.6 is 0 Å². The van der Waals surface area contributed by atoms with Crippen LogP contribution in [-0.4, -0.2) is 25.9 Å². The van der Waals surface area contributed by atoms with Crippen molar-refractivity contribution in [3.05, 3.63) is 0 Å². The van der Waals surface area contributed by atoms with Crippen LogP contribution in [0.3, 0.4) is 0 Å². The summed E-state index contributed by atoms with van der Waals surface area (Å²) in [6.07, 6.45) is 6.47. The average Bonchev–Trinajstić information content (AvgIpc) is 2.16. The fourth-order valence-electron chi connectivity index (χ4n) is 3.28. The molecule has 1 saturated carbocycles. The molecule has 96 valence electrons. The van der Waals surface area contributed by atoms with Crippen LogP contribution in [0.2, 0.25) is 0 Å². The topological polar surface area (TPSA) is 18.5 Å². The quantitative estimate of drug-likeness (QED) is 0.646. The maximum Gasteiger partial charge on any atom is 0.0707 e. The van der Waals surface area contributed by atoms with Gasteiger partial charge in [-0.25, -0.2) is 0 Å². The molecule has 0 radical (unpaired) electrons. The molecule has 0 aliphatic heterocycles. The molecule has 0 aromatic rings. The Morgan fingerprint density at radius 1 is 1.25 bits per heavy atom. The third kappa shape index (κ3) is 4.42. The molecule has 1 rings (SSSR count). The van der Waals surface area contributed by atoms with Crippen LogP contribution in [0.5, 0.6) is 0 Å². The predicted molar refractivity (Wildman–Crippen MR) is 67.6 cm³/mol. The summed E-state index contributed by atoms with van der Waals surface area (Å²) in [7, 11) is 1.73. The van der Waals surface area contributed by atoms with Gasteiger partial charge in [-0.2, -0.15) is 0 Å². The van der Waals surface area contributed by atoms with Gasteiger partial charge in [-0.1, -0.05) is 26.7 Å². The second kappa shape index (κ2) is 6.61. The number of hydrogen-bond donors (Lipinski definition) is 0. The Kier molecular flexibility index (Phi) is 5.77. The third-order valence-corrected chi connectivity index (χ3v) is 3.67. The Morgan fingerprint density at radius 3 is 2.62 bits per heavy atom. The summed E-state index contributed by atoms with van der Waals surface area (Å²) in [5.41, 5.74) is 0.0933. The highest BCUT2D eigenvalue weighted by molar-refractivity contribution is 4.87. The summed E-state index contributed by atoms with van der Waals surface area (Å²) in [4.78, 5) is 0. The average molecular weight is 228 g/mol. The van der Waals surface area contributed by atoms with Gasteiger partial charge >= 0.3 is 0 Å². The van der Waals surface area contributed by atoms with Crippen molar-refractivity contribution in [2.75, 3.05) is 20.3 Å². The maximum atomic E-state index is 6.03. The van der Waals surface area contributed by atoms with Gasteiger partial charge in [0, 0.05) is 7.11 Å². The molecule has 16 heavy (non-hydrogen) atoms. The van der Waals surface area contributed by atoms with Crippen molar-refractivity contribution in [1.29, 1.82) is 0 Å². The molecule has 1 aliphatic carbocycles. The lowest BCUT2D eigenvalue weighted by Gasteiger charge is -2.41. The smallest absolute Gasteiger partial charge is 0.0707 e. The first-order valence-corrected chi connectivity index (χ1v) is 6.72. The van der Waals surface area contributed by atoms with Crippen molar-refractivity contribution < 1.29 is 9.47 Å². The molecule has 0 N–H and O–H groups in total. The molecule has 3 unspecified atom stereocenters. The van der Waals surface area contributed by atoms with E-state index in [0.717, 1.165) is 18.4 Å². The third-order valence-electron chi connectivity index (χ3n) is 3.67. The summed E-state index contributed by atoms with van der Waals surface area (Å²) in [5, 5.41) is 0. The Hall–Kier alpha value is -0.0800. The van der Waals surface area contributed by atoms with Crippen LogP contribution in [0.1, 0.15) is 52.9 Å². The fourth-order valence-corrected chi connectivity index (χ4v) is 3.28. The minimum absolute atomic E-state index is 0.0933. The van der Waals surface area contributed by atoms with Crippen molar-refractivity contribution in [1.82, 2.24) is 0 Å². The van der Waals surface area contributed by atoms with E-state index in [4.69, 9.17) is 9.47 Å². The molecule has 0 saturated heterocycles. The number of ether oxygens (including phenoxy) is 2. The number of rotatable bonds is 6. The molecule has 0 amide bonds. The van der Waals surface area contributed by atoms with E-state index < -0.39 is 0 Å². The Balaban J connectivity index is 2.43. The molecule has 0 bridgehead atoms. The monoisotopic (exact) mass is 228 g/mol. The molecule has 0 spiro atoms. The van der Waals surface area contributed by atoms with Gasteiger partial charge in [0.1, 0.15) is 0 Å². The van der Waals surface area contributed by atoms with Crippen molar-refractivity contribution in [3.63, 3.8) is 0 Å². The summed E-state index contributed by atoms with van der Waals surface area (Å²) < 4.78 is 11.1. The van der Waals surface area contributed by atoms with E-state index in [-0.39, 0.29) is 5.60 Å². The van der Waals surface area contributed by atoms with Gasteiger partial charge in [0.15, 0.2) is 0 Å². The summed E-state index contributed by atoms with van der Waals surface area (Å²) in [6.45, 7) is 8.37. The summed E-state index contributed by atoms with van der Waals surface area (Å²) in [6, 6.07) is 0. The fraction of sp³-hybridized carbons (Fsp3) is 1.00. The molecular weight excluding hydrogens is 200 g/mol. The minimum Gasteiger partial charge on any atom is -0.382 e. The van der Waals surface area contributed by atoms with Crippen molar-refractivity contribution in [3.8, 4) is 0 Å². The van der Waals surface area contributed by atoms with Crippen molar-refractivity contribution in [2.24, 2.45) is 11.8 Å². The lowest BCUT2D eigenvalue weighted by atomic mass is 9.72. The SMILES string of the molecule is CCCC1CC(C)CC(C)(OCCOC)C1. The van der Waals surface area contributed by atoms with Crippen LogP contribution in [0.15, 0.2) is 0 Å². The lowest BCUT2D eigenvalue weighted by Crippen LogP contribution is -2.39. The molecule has 1 fully saturated rings. The van der Waals surface area contributed by atoms with E-state index in [1.54, 1.807) is 7.11 Å². The van der Waals surface area contributed by atoms with E-state index in [1.165, 1.54) is 32.1 Å². The molecular formula is C14H28O2. The largest absolute Gasteiger partial charge is 0.382 e. The lowest BCUT2D eigenvalue weighted by molar-refractivity contribution is -0.0948. The first kappa shape index (κ1) is 14.0. The van der Waals surface area contributed by atoms with Gasteiger partial charge in [0.2, 0.25) is 0 Å². The highest BCUT2D eigenvalue weighted by Crippen LogP contribution is 2.40. The highest BCUT2D eigenvalue weighted by Gasteiger charge is 2.35. The van der Waals surface area contributed by atoms with Crippen LogP contribution in [-0.2, 0) is 9.47 Å². The van der Waals surface area contributed by atoms with Gasteiger partial charge in [-0.05, 0) is 38.0 Å². The zero-order chi connectivity index (χ0) is 12.0. The number of methoxy groups -OCH3 is 1. The second-order valence-electron chi connectivity index (χ2n) is 5.69. The zero-order valence-electron chi connectivity index (χ0n) is 11.4. The zero-order valence-corrected chi connectivity index (χ0v) is 11.4. The maximum absolute atomic E-state index is 6.03. The molecule has 0 aromatic carbocycles. The summed E-state index contributed by atoms with van der Waals surface area (Å²) in [5.74, 6) is 1.67. The highest BCUT2D eigenvalue weighted by atomic mass is 16.5. The van der Waals surface area contributed by atoms with Crippen molar-refractivity contribution >= 4 is 0 Å². The van der Waals surface area contributed by atoms with E-state index in [0.29, 0.717) is 6.61 Å². The molecule has 3 atom stereocenters. The van der Waals surface area contributed by atoms with Gasteiger partial charge in [-0.15, -0.1) is 0 Å². The van der Waals surface area contributed by atoms with Gasteiger partial charge < -0.3 is 9.47 Å².